The van der Waals surface area contributed by atoms with Crippen molar-refractivity contribution in [3.05, 3.63) is 35.4 Å². The smallest absolute Gasteiger partial charge is 0.251 e. The molecule has 1 N–H and O–H groups in total. The molecule has 1 amide bonds. The van der Waals surface area contributed by atoms with E-state index in [1.807, 2.05) is 0 Å². The zero-order valence-corrected chi connectivity index (χ0v) is 10.6. The molecule has 1 aromatic rings. The van der Waals surface area contributed by atoms with Crippen LogP contribution in [-0.4, -0.2) is 12.5 Å². The number of amides is 1. The van der Waals surface area contributed by atoms with Gasteiger partial charge in [0.25, 0.3) is 5.91 Å². The Kier molecular flexibility index (Phi) is 6.33. The van der Waals surface area contributed by atoms with Crippen LogP contribution in [0, 0.1) is 11.6 Å². The standard InChI is InChI=1S/C14H19F2NO/c1-2-3-4-5-6-9-17-14(18)11-7-8-12(15)13(16)10-11/h7-8,10H,2-6,9H2,1H3,(H,17,18). The van der Waals surface area contributed by atoms with Crippen molar-refractivity contribution >= 4 is 5.91 Å². The van der Waals surface area contributed by atoms with E-state index in [4.69, 9.17) is 0 Å². The van der Waals surface area contributed by atoms with Crippen LogP contribution in [0.2, 0.25) is 0 Å². The Morgan fingerprint density at radius 1 is 1.11 bits per heavy atom. The molecule has 0 bridgehead atoms. The summed E-state index contributed by atoms with van der Waals surface area (Å²) in [4.78, 5) is 11.6. The Labute approximate surface area is 106 Å². The van der Waals surface area contributed by atoms with E-state index in [9.17, 15) is 13.6 Å². The summed E-state index contributed by atoms with van der Waals surface area (Å²) in [6.07, 6.45) is 5.54. The molecule has 1 rings (SSSR count). The minimum atomic E-state index is -0.995. The Balaban J connectivity index is 2.30. The zero-order chi connectivity index (χ0) is 13.4. The molecule has 2 nitrogen and oxygen atoms in total. The summed E-state index contributed by atoms with van der Waals surface area (Å²) in [7, 11) is 0. The second-order valence-electron chi connectivity index (χ2n) is 4.30. The van der Waals surface area contributed by atoms with Gasteiger partial charge in [-0.2, -0.15) is 0 Å². The summed E-state index contributed by atoms with van der Waals surface area (Å²) in [5.74, 6) is -2.29. The van der Waals surface area contributed by atoms with Gasteiger partial charge in [0.2, 0.25) is 0 Å². The minimum Gasteiger partial charge on any atom is -0.352 e. The molecule has 100 valence electrons. The van der Waals surface area contributed by atoms with Crippen LogP contribution in [0.25, 0.3) is 0 Å². The van der Waals surface area contributed by atoms with E-state index >= 15 is 0 Å². The molecule has 0 aromatic heterocycles. The van der Waals surface area contributed by atoms with Gasteiger partial charge in [0.1, 0.15) is 0 Å². The van der Waals surface area contributed by atoms with Gasteiger partial charge in [0.05, 0.1) is 0 Å². The number of halogens is 2. The van der Waals surface area contributed by atoms with Crippen molar-refractivity contribution in [2.45, 2.75) is 39.0 Å². The second kappa shape index (κ2) is 7.80. The highest BCUT2D eigenvalue weighted by atomic mass is 19.2. The number of carbonyl (C=O) groups is 1. The van der Waals surface area contributed by atoms with Crippen LogP contribution < -0.4 is 5.32 Å². The van der Waals surface area contributed by atoms with E-state index < -0.39 is 11.6 Å². The number of hydrogen-bond donors (Lipinski definition) is 1. The van der Waals surface area contributed by atoms with Crippen molar-refractivity contribution in [1.29, 1.82) is 0 Å². The fraction of sp³-hybridized carbons (Fsp3) is 0.500. The van der Waals surface area contributed by atoms with E-state index in [1.165, 1.54) is 18.9 Å². The summed E-state index contributed by atoms with van der Waals surface area (Å²) >= 11 is 0. The van der Waals surface area contributed by atoms with Crippen LogP contribution in [0.4, 0.5) is 8.78 Å². The Morgan fingerprint density at radius 3 is 2.50 bits per heavy atom. The van der Waals surface area contributed by atoms with Crippen molar-refractivity contribution < 1.29 is 13.6 Å². The molecule has 1 aromatic carbocycles. The largest absolute Gasteiger partial charge is 0.352 e. The first kappa shape index (κ1) is 14.6. The van der Waals surface area contributed by atoms with Crippen LogP contribution in [0.5, 0.6) is 0 Å². The Bertz CT molecular complexity index is 393. The quantitative estimate of drug-likeness (QED) is 0.740. The average molecular weight is 255 g/mol. The van der Waals surface area contributed by atoms with Crippen molar-refractivity contribution in [2.75, 3.05) is 6.54 Å². The van der Waals surface area contributed by atoms with Crippen LogP contribution in [0.15, 0.2) is 18.2 Å². The van der Waals surface area contributed by atoms with Crippen LogP contribution in [0.3, 0.4) is 0 Å². The van der Waals surface area contributed by atoms with Crippen LogP contribution in [-0.2, 0) is 0 Å². The number of rotatable bonds is 7. The molecule has 0 saturated carbocycles. The molecule has 0 radical (unpaired) electrons. The lowest BCUT2D eigenvalue weighted by Crippen LogP contribution is -2.24. The van der Waals surface area contributed by atoms with Crippen molar-refractivity contribution in [1.82, 2.24) is 5.32 Å². The minimum absolute atomic E-state index is 0.155. The third kappa shape index (κ3) is 4.82. The molecule has 4 heteroatoms. The van der Waals surface area contributed by atoms with Gasteiger partial charge in [-0.05, 0) is 24.6 Å². The molecule has 0 aliphatic carbocycles. The lowest BCUT2D eigenvalue weighted by atomic mass is 10.1. The van der Waals surface area contributed by atoms with Gasteiger partial charge in [-0.25, -0.2) is 8.78 Å². The van der Waals surface area contributed by atoms with Crippen molar-refractivity contribution in [3.63, 3.8) is 0 Å². The van der Waals surface area contributed by atoms with Gasteiger partial charge < -0.3 is 5.32 Å². The van der Waals surface area contributed by atoms with E-state index in [1.54, 1.807) is 0 Å². The molecule has 0 atom stereocenters. The molecule has 0 aliphatic rings. The highest BCUT2D eigenvalue weighted by Gasteiger charge is 2.08. The first-order valence-electron chi connectivity index (χ1n) is 6.38. The fourth-order valence-electron chi connectivity index (χ4n) is 1.67. The monoisotopic (exact) mass is 255 g/mol. The van der Waals surface area contributed by atoms with E-state index in [0.717, 1.165) is 31.4 Å². The normalized spacial score (nSPS) is 10.4. The molecule has 0 unspecified atom stereocenters. The van der Waals surface area contributed by atoms with E-state index in [-0.39, 0.29) is 11.5 Å². The van der Waals surface area contributed by atoms with Gasteiger partial charge in [-0.1, -0.05) is 32.6 Å². The van der Waals surface area contributed by atoms with Gasteiger partial charge in [0.15, 0.2) is 11.6 Å². The number of nitrogens with one attached hydrogen (secondary N) is 1. The van der Waals surface area contributed by atoms with Crippen molar-refractivity contribution in [3.8, 4) is 0 Å². The topological polar surface area (TPSA) is 29.1 Å². The lowest BCUT2D eigenvalue weighted by molar-refractivity contribution is 0.0952. The van der Waals surface area contributed by atoms with Crippen LogP contribution >= 0.6 is 0 Å². The van der Waals surface area contributed by atoms with Gasteiger partial charge in [-0.15, -0.1) is 0 Å². The first-order chi connectivity index (χ1) is 8.65. The SMILES string of the molecule is CCCCCCCNC(=O)c1ccc(F)c(F)c1. The number of benzene rings is 1. The Hall–Kier alpha value is -1.45. The highest BCUT2D eigenvalue weighted by Crippen LogP contribution is 2.08. The second-order valence-corrected chi connectivity index (χ2v) is 4.30. The third-order valence-corrected chi connectivity index (χ3v) is 2.75. The summed E-state index contributed by atoms with van der Waals surface area (Å²) in [5.41, 5.74) is 0.155. The van der Waals surface area contributed by atoms with E-state index in [0.29, 0.717) is 6.54 Å². The number of carbonyl (C=O) groups excluding carboxylic acids is 1. The lowest BCUT2D eigenvalue weighted by Gasteiger charge is -2.05. The summed E-state index contributed by atoms with van der Waals surface area (Å²) in [6.45, 7) is 2.71. The van der Waals surface area contributed by atoms with Gasteiger partial charge in [0, 0.05) is 12.1 Å². The third-order valence-electron chi connectivity index (χ3n) is 2.75. The van der Waals surface area contributed by atoms with Crippen LogP contribution in [0.1, 0.15) is 49.4 Å². The molecular weight excluding hydrogens is 236 g/mol. The Morgan fingerprint density at radius 2 is 1.83 bits per heavy atom. The molecule has 18 heavy (non-hydrogen) atoms. The zero-order valence-electron chi connectivity index (χ0n) is 10.6. The average Bonchev–Trinajstić information content (AvgIpc) is 2.36. The molecule has 0 heterocycles. The van der Waals surface area contributed by atoms with E-state index in [2.05, 4.69) is 12.2 Å². The predicted octanol–water partition coefficient (Wildman–Crippen LogP) is 3.67. The maximum Gasteiger partial charge on any atom is 0.251 e. The first-order valence-corrected chi connectivity index (χ1v) is 6.38. The van der Waals surface area contributed by atoms with Gasteiger partial charge >= 0.3 is 0 Å². The molecule has 0 fully saturated rings. The molecule has 0 saturated heterocycles. The number of hydrogen-bond acceptors (Lipinski definition) is 1. The van der Waals surface area contributed by atoms with Crippen molar-refractivity contribution in [2.24, 2.45) is 0 Å². The fourth-order valence-corrected chi connectivity index (χ4v) is 1.67. The molecule has 0 aliphatic heterocycles. The summed E-state index contributed by atoms with van der Waals surface area (Å²) in [5, 5.41) is 2.69. The summed E-state index contributed by atoms with van der Waals surface area (Å²) < 4.78 is 25.6. The molecular formula is C14H19F2NO. The summed E-state index contributed by atoms with van der Waals surface area (Å²) in [6, 6.07) is 3.16. The predicted molar refractivity (Wildman–Crippen MR) is 67.5 cm³/mol. The number of unbranched alkanes of at least 4 members (excludes halogenated alkanes) is 4. The maximum absolute atomic E-state index is 12.9. The highest BCUT2D eigenvalue weighted by molar-refractivity contribution is 5.94. The molecule has 0 spiro atoms. The van der Waals surface area contributed by atoms with Gasteiger partial charge in [-0.3, -0.25) is 4.79 Å². The maximum atomic E-state index is 12.9.